The smallest absolute Gasteiger partial charge is 0.273 e. The zero-order valence-electron chi connectivity index (χ0n) is 20.1. The zero-order chi connectivity index (χ0) is 26.5. The maximum absolute atomic E-state index is 13.9. The number of furan rings is 1. The molecule has 0 aliphatic carbocycles. The van der Waals surface area contributed by atoms with Crippen LogP contribution in [0.5, 0.6) is 5.75 Å². The van der Waals surface area contributed by atoms with Crippen molar-refractivity contribution in [3.05, 3.63) is 94.4 Å². The molecule has 190 valence electrons. The van der Waals surface area contributed by atoms with Gasteiger partial charge in [0.05, 0.1) is 12.8 Å². The summed E-state index contributed by atoms with van der Waals surface area (Å²) in [4.78, 5) is 40.5. The van der Waals surface area contributed by atoms with Crippen molar-refractivity contribution in [2.75, 3.05) is 17.7 Å². The number of aromatic nitrogens is 1. The highest BCUT2D eigenvalue weighted by Gasteiger charge is 2.37. The van der Waals surface area contributed by atoms with Gasteiger partial charge in [0.1, 0.15) is 22.1 Å². The summed E-state index contributed by atoms with van der Waals surface area (Å²) >= 11 is 0.738. The molecule has 0 radical (unpaired) electrons. The molecule has 2 aromatic carbocycles. The molecule has 0 saturated heterocycles. The highest BCUT2D eigenvalue weighted by atomic mass is 32.1. The van der Waals surface area contributed by atoms with E-state index in [0.717, 1.165) is 17.1 Å². The molecule has 0 spiro atoms. The van der Waals surface area contributed by atoms with Crippen LogP contribution in [-0.4, -0.2) is 29.2 Å². The molecule has 0 bridgehead atoms. The van der Waals surface area contributed by atoms with E-state index in [-0.39, 0.29) is 28.6 Å². The van der Waals surface area contributed by atoms with Crippen molar-refractivity contribution in [3.63, 3.8) is 0 Å². The van der Waals surface area contributed by atoms with Crippen LogP contribution in [0.1, 0.15) is 43.3 Å². The van der Waals surface area contributed by atoms with Gasteiger partial charge in [-0.2, -0.15) is 4.37 Å². The van der Waals surface area contributed by atoms with E-state index in [1.807, 2.05) is 12.1 Å². The predicted octanol–water partition coefficient (Wildman–Crippen LogP) is 3.44. The van der Waals surface area contributed by atoms with Crippen molar-refractivity contribution < 1.29 is 23.5 Å². The van der Waals surface area contributed by atoms with E-state index in [2.05, 4.69) is 9.69 Å². The number of methoxy groups -OCH3 is 1. The number of carbonyl (C=O) groups is 3. The van der Waals surface area contributed by atoms with Crippen LogP contribution in [-0.2, 0) is 11.3 Å². The Balaban J connectivity index is 1.74. The lowest BCUT2D eigenvalue weighted by Crippen LogP contribution is -2.43. The number of nitrogens with zero attached hydrogens (tertiary/aromatic N) is 2. The molecule has 4 aromatic rings. The Morgan fingerprint density at radius 3 is 2.35 bits per heavy atom. The largest absolute Gasteiger partial charge is 0.497 e. The first-order valence-electron chi connectivity index (χ1n) is 11.2. The van der Waals surface area contributed by atoms with Crippen molar-refractivity contribution in [1.29, 1.82) is 0 Å². The molecular formula is C26H25N5O5S. The summed E-state index contributed by atoms with van der Waals surface area (Å²) in [6.45, 7) is 1.94. The number of nitrogen functional groups attached to an aromatic ring is 1. The number of ether oxygens (including phenoxy) is 1. The van der Waals surface area contributed by atoms with Gasteiger partial charge in [-0.1, -0.05) is 30.3 Å². The first-order chi connectivity index (χ1) is 17.8. The Kier molecular flexibility index (Phi) is 7.54. The summed E-state index contributed by atoms with van der Waals surface area (Å²) < 4.78 is 14.9. The van der Waals surface area contributed by atoms with Crippen LogP contribution in [0.3, 0.4) is 0 Å². The third kappa shape index (κ3) is 5.46. The number of anilines is 2. The third-order valence-corrected chi connectivity index (χ3v) is 6.42. The standard InChI is InChI=1S/C26H25N5O5S/c1-15-8-13-19(36-15)22(25(33)29-14-16-9-11-18(35-2)12-10-16)31(17-6-4-3-5-7-17)26(34)23-20(27)21(24(28)32)30-37-23/h3-13,22H,14,27H2,1-2H3,(H2,28,32)(H,29,33)/t22-/m1/s1. The first-order valence-corrected chi connectivity index (χ1v) is 12.0. The van der Waals surface area contributed by atoms with Crippen LogP contribution in [0.15, 0.2) is 71.1 Å². The monoisotopic (exact) mass is 519 g/mol. The average molecular weight is 520 g/mol. The second kappa shape index (κ2) is 11.0. The van der Waals surface area contributed by atoms with E-state index in [4.69, 9.17) is 20.6 Å². The number of carbonyl (C=O) groups excluding carboxylic acids is 3. The molecule has 0 saturated carbocycles. The van der Waals surface area contributed by atoms with Gasteiger partial charge in [-0.05, 0) is 60.4 Å². The number of nitrogens with two attached hydrogens (primary N) is 2. The highest BCUT2D eigenvalue weighted by molar-refractivity contribution is 7.09. The van der Waals surface area contributed by atoms with Gasteiger partial charge in [0.15, 0.2) is 11.7 Å². The van der Waals surface area contributed by atoms with Crippen molar-refractivity contribution in [2.45, 2.75) is 19.5 Å². The van der Waals surface area contributed by atoms with E-state index in [0.29, 0.717) is 17.2 Å². The highest BCUT2D eigenvalue weighted by Crippen LogP contribution is 2.33. The minimum Gasteiger partial charge on any atom is -0.497 e. The number of benzene rings is 2. The molecule has 10 nitrogen and oxygen atoms in total. The van der Waals surface area contributed by atoms with Gasteiger partial charge in [-0.3, -0.25) is 19.3 Å². The Bertz CT molecular complexity index is 1410. The molecule has 37 heavy (non-hydrogen) atoms. The average Bonchev–Trinajstić information content (AvgIpc) is 3.51. The Morgan fingerprint density at radius 2 is 1.78 bits per heavy atom. The number of nitrogens with one attached hydrogen (secondary N) is 1. The topological polar surface area (TPSA) is 154 Å². The molecule has 3 amide bonds. The predicted molar refractivity (Wildman–Crippen MR) is 139 cm³/mol. The van der Waals surface area contributed by atoms with Gasteiger partial charge in [0.2, 0.25) is 0 Å². The molecule has 0 aliphatic rings. The number of primary amides is 1. The van der Waals surface area contributed by atoms with E-state index in [9.17, 15) is 14.4 Å². The van der Waals surface area contributed by atoms with Crippen LogP contribution in [0.25, 0.3) is 0 Å². The molecule has 11 heteroatoms. The van der Waals surface area contributed by atoms with Crippen LogP contribution in [0.4, 0.5) is 11.4 Å². The van der Waals surface area contributed by atoms with Crippen LogP contribution in [0, 0.1) is 6.92 Å². The van der Waals surface area contributed by atoms with Crippen molar-refractivity contribution in [3.8, 4) is 5.75 Å². The van der Waals surface area contributed by atoms with Gasteiger partial charge in [0.25, 0.3) is 17.7 Å². The van der Waals surface area contributed by atoms with Gasteiger partial charge in [-0.25, -0.2) is 0 Å². The SMILES string of the molecule is COc1ccc(CNC(=O)[C@@H](c2ccc(C)o2)N(C(=O)c2snc(C(N)=O)c2N)c2ccccc2)cc1. The normalized spacial score (nSPS) is 11.5. The summed E-state index contributed by atoms with van der Waals surface area (Å²) in [7, 11) is 1.57. The van der Waals surface area contributed by atoms with Crippen molar-refractivity contribution in [1.82, 2.24) is 9.69 Å². The maximum atomic E-state index is 13.9. The summed E-state index contributed by atoms with van der Waals surface area (Å²) in [5, 5.41) is 2.89. The van der Waals surface area contributed by atoms with Gasteiger partial charge < -0.3 is 25.9 Å². The van der Waals surface area contributed by atoms with Crippen LogP contribution in [0.2, 0.25) is 0 Å². The van der Waals surface area contributed by atoms with Gasteiger partial charge in [0, 0.05) is 12.2 Å². The molecule has 0 aliphatic heterocycles. The summed E-state index contributed by atoms with van der Waals surface area (Å²) in [5.41, 5.74) is 12.3. The minimum absolute atomic E-state index is 0.0196. The van der Waals surface area contributed by atoms with Gasteiger partial charge >= 0.3 is 0 Å². The van der Waals surface area contributed by atoms with Crippen molar-refractivity contribution in [2.24, 2.45) is 5.73 Å². The fourth-order valence-corrected chi connectivity index (χ4v) is 4.46. The quantitative estimate of drug-likeness (QED) is 0.306. The van der Waals surface area contributed by atoms with Crippen LogP contribution < -0.4 is 26.4 Å². The van der Waals surface area contributed by atoms with Crippen molar-refractivity contribution >= 4 is 40.6 Å². The van der Waals surface area contributed by atoms with E-state index in [1.165, 1.54) is 4.90 Å². The molecule has 2 heterocycles. The van der Waals surface area contributed by atoms with Crippen LogP contribution >= 0.6 is 11.5 Å². The van der Waals surface area contributed by atoms with E-state index in [1.54, 1.807) is 68.6 Å². The number of rotatable bonds is 9. The first kappa shape index (κ1) is 25.5. The number of aryl methyl sites for hydroxylation is 1. The van der Waals surface area contributed by atoms with Gasteiger partial charge in [-0.15, -0.1) is 0 Å². The zero-order valence-corrected chi connectivity index (χ0v) is 21.0. The number of hydrogen-bond donors (Lipinski definition) is 3. The number of amides is 3. The minimum atomic E-state index is -1.19. The Labute approximate surface area is 217 Å². The molecule has 1 atom stereocenters. The summed E-state index contributed by atoms with van der Waals surface area (Å²) in [6.07, 6.45) is 0. The molecule has 0 unspecified atom stereocenters. The summed E-state index contributed by atoms with van der Waals surface area (Å²) in [5.74, 6) is -0.461. The summed E-state index contributed by atoms with van der Waals surface area (Å²) in [6, 6.07) is 18.0. The fraction of sp³-hybridized carbons (Fsp3) is 0.154. The Hall–Kier alpha value is -4.64. The third-order valence-electron chi connectivity index (χ3n) is 5.57. The molecular weight excluding hydrogens is 494 g/mol. The maximum Gasteiger partial charge on any atom is 0.273 e. The lowest BCUT2D eigenvalue weighted by molar-refractivity contribution is -0.123. The molecule has 5 N–H and O–H groups in total. The lowest BCUT2D eigenvalue weighted by Gasteiger charge is -2.29. The number of hydrogen-bond acceptors (Lipinski definition) is 8. The second-order valence-corrected chi connectivity index (χ2v) is 8.84. The molecule has 2 aromatic heterocycles. The lowest BCUT2D eigenvalue weighted by atomic mass is 10.1. The molecule has 0 fully saturated rings. The molecule has 4 rings (SSSR count). The second-order valence-electron chi connectivity index (χ2n) is 8.07. The Morgan fingerprint density at radius 1 is 1.08 bits per heavy atom. The number of para-hydroxylation sites is 1. The fourth-order valence-electron chi connectivity index (χ4n) is 3.71. The van der Waals surface area contributed by atoms with E-state index < -0.39 is 23.8 Å². The van der Waals surface area contributed by atoms with E-state index >= 15 is 0 Å².